The van der Waals surface area contributed by atoms with Crippen LogP contribution in [0.1, 0.15) is 0 Å². The summed E-state index contributed by atoms with van der Waals surface area (Å²) in [5, 5.41) is 4.64. The van der Waals surface area contributed by atoms with E-state index in [1.54, 1.807) is 0 Å². The Morgan fingerprint density at radius 2 is 1.38 bits per heavy atom. The number of rotatable bonds is 0. The Morgan fingerprint density at radius 3 is 1.38 bits per heavy atom. The van der Waals surface area contributed by atoms with Crippen molar-refractivity contribution in [1.29, 1.82) is 0 Å². The van der Waals surface area contributed by atoms with Crippen molar-refractivity contribution in [1.82, 2.24) is 0 Å². The smallest absolute Gasteiger partial charge is 0.226 e. The van der Waals surface area contributed by atoms with E-state index in [4.69, 9.17) is 0 Å². The Labute approximate surface area is 72.4 Å². The summed E-state index contributed by atoms with van der Waals surface area (Å²) < 4.78 is 19.2. The minimum atomic E-state index is -3.59. The molecule has 0 heterocycles. The van der Waals surface area contributed by atoms with Crippen LogP contribution in [0.2, 0.25) is 0 Å². The van der Waals surface area contributed by atoms with E-state index in [1.165, 1.54) is 0 Å². The number of nitrogens with two attached hydrogens (primary N) is 1. The lowest BCUT2D eigenvalue weighted by Crippen LogP contribution is -2.25. The standard InChI is InChI=1S/CH2Br3NO2S/c2-1(3,4)8(5,6)7/h(H2,5,6,7). The van der Waals surface area contributed by atoms with E-state index in [-0.39, 0.29) is 0 Å². The first-order chi connectivity index (χ1) is 3.25. The Balaban J connectivity index is 4.53. The zero-order valence-electron chi connectivity index (χ0n) is 3.44. The van der Waals surface area contributed by atoms with E-state index in [2.05, 4.69) is 52.9 Å². The normalized spacial score (nSPS) is 14.0. The molecule has 0 aliphatic rings. The molecule has 0 saturated heterocycles. The van der Waals surface area contributed by atoms with Gasteiger partial charge in [0, 0.05) is 0 Å². The molecule has 50 valence electrons. The van der Waals surface area contributed by atoms with Crippen molar-refractivity contribution < 1.29 is 8.42 Å². The summed E-state index contributed by atoms with van der Waals surface area (Å²) in [7, 11) is -3.59. The van der Waals surface area contributed by atoms with Gasteiger partial charge >= 0.3 is 0 Å². The van der Waals surface area contributed by atoms with Crippen LogP contribution in [0.15, 0.2) is 0 Å². The van der Waals surface area contributed by atoms with Crippen molar-refractivity contribution in [3.63, 3.8) is 0 Å². The Bertz CT molecular complexity index is 166. The van der Waals surface area contributed by atoms with Crippen LogP contribution in [0.3, 0.4) is 0 Å². The van der Waals surface area contributed by atoms with Crippen LogP contribution in [0.25, 0.3) is 0 Å². The van der Waals surface area contributed by atoms with Gasteiger partial charge in [-0.05, 0) is 47.8 Å². The minimum absolute atomic E-state index is 1.38. The van der Waals surface area contributed by atoms with Crippen LogP contribution in [0.5, 0.6) is 0 Å². The van der Waals surface area contributed by atoms with Crippen LogP contribution < -0.4 is 5.14 Å². The summed E-state index contributed by atoms with van der Waals surface area (Å²) in [6, 6.07) is 0. The van der Waals surface area contributed by atoms with Crippen LogP contribution in [0.4, 0.5) is 0 Å². The summed E-state index contributed by atoms with van der Waals surface area (Å²) in [4.78, 5) is 0. The number of sulfonamides is 1. The summed E-state index contributed by atoms with van der Waals surface area (Å²) in [5.41, 5.74) is 0. The minimum Gasteiger partial charge on any atom is -0.226 e. The third kappa shape index (κ3) is 2.77. The molecule has 0 amide bonds. The van der Waals surface area contributed by atoms with Crippen molar-refractivity contribution >= 4 is 57.8 Å². The molecule has 0 aliphatic carbocycles. The molecule has 0 radical (unpaired) electrons. The number of halogens is 3. The molecule has 8 heavy (non-hydrogen) atoms. The molecular formula is CH2Br3NO2S. The lowest BCUT2D eigenvalue weighted by Gasteiger charge is -2.06. The fourth-order valence-electron chi connectivity index (χ4n) is 0. The van der Waals surface area contributed by atoms with Crippen LogP contribution >= 0.6 is 47.8 Å². The largest absolute Gasteiger partial charge is 0.248 e. The third-order valence-electron chi connectivity index (χ3n) is 0.323. The molecule has 0 aliphatic heterocycles. The van der Waals surface area contributed by atoms with Gasteiger partial charge in [-0.2, -0.15) is 0 Å². The summed E-state index contributed by atoms with van der Waals surface area (Å²) >= 11 is 8.16. The van der Waals surface area contributed by atoms with Crippen molar-refractivity contribution in [2.24, 2.45) is 5.14 Å². The van der Waals surface area contributed by atoms with E-state index in [9.17, 15) is 8.42 Å². The van der Waals surface area contributed by atoms with E-state index in [1.807, 2.05) is 0 Å². The predicted molar refractivity (Wildman–Crippen MR) is 42.6 cm³/mol. The highest BCUT2D eigenvalue weighted by Crippen LogP contribution is 2.37. The molecule has 3 nitrogen and oxygen atoms in total. The molecule has 0 bridgehead atoms. The maximum absolute atomic E-state index is 10.3. The van der Waals surface area contributed by atoms with Crippen LogP contribution in [-0.4, -0.2) is 9.89 Å². The molecule has 0 aromatic carbocycles. The molecular weight excluding hydrogens is 330 g/mol. The fraction of sp³-hybridized carbons (Fsp3) is 1.00. The number of primary sulfonamides is 1. The second-order valence-electron chi connectivity index (χ2n) is 0.991. The summed E-state index contributed by atoms with van der Waals surface area (Å²) in [6.45, 7) is 0. The summed E-state index contributed by atoms with van der Waals surface area (Å²) in [6.07, 6.45) is 0. The van der Waals surface area contributed by atoms with Crippen LogP contribution in [0, 0.1) is 0 Å². The second-order valence-corrected chi connectivity index (χ2v) is 11.0. The average Bonchev–Trinajstić information content (AvgIpc) is 1.25. The first-order valence-electron chi connectivity index (χ1n) is 1.34. The monoisotopic (exact) mass is 329 g/mol. The van der Waals surface area contributed by atoms with Gasteiger partial charge in [-0.25, -0.2) is 13.6 Å². The van der Waals surface area contributed by atoms with E-state index in [0.29, 0.717) is 0 Å². The average molecular weight is 332 g/mol. The molecule has 0 rings (SSSR count). The molecule has 0 spiro atoms. The predicted octanol–water partition coefficient (Wildman–Crippen LogP) is 1.07. The van der Waals surface area contributed by atoms with Gasteiger partial charge in [0.15, 0.2) is 0 Å². The van der Waals surface area contributed by atoms with Gasteiger partial charge in [0.25, 0.3) is 0 Å². The summed E-state index contributed by atoms with van der Waals surface area (Å²) in [5.74, 6) is 0. The highest BCUT2D eigenvalue weighted by molar-refractivity contribution is 9.42. The number of alkyl halides is 3. The molecule has 0 atom stereocenters. The highest BCUT2D eigenvalue weighted by atomic mass is 80.0. The van der Waals surface area contributed by atoms with E-state index in [0.717, 1.165) is 0 Å². The van der Waals surface area contributed by atoms with Gasteiger partial charge in [0.05, 0.1) is 0 Å². The van der Waals surface area contributed by atoms with Crippen LogP contribution in [-0.2, 0) is 10.0 Å². The molecule has 0 saturated carbocycles. The van der Waals surface area contributed by atoms with Gasteiger partial charge in [0.2, 0.25) is 11.5 Å². The van der Waals surface area contributed by atoms with Crippen molar-refractivity contribution in [3.05, 3.63) is 0 Å². The number of hydrogen-bond donors (Lipinski definition) is 1. The van der Waals surface area contributed by atoms with Gasteiger partial charge < -0.3 is 0 Å². The molecule has 2 N–H and O–H groups in total. The first kappa shape index (κ1) is 9.35. The quantitative estimate of drug-likeness (QED) is 0.675. The Hall–Kier alpha value is 1.35. The van der Waals surface area contributed by atoms with E-state index < -0.39 is 11.5 Å². The maximum atomic E-state index is 10.3. The molecule has 0 unspecified atom stereocenters. The molecule has 0 aromatic heterocycles. The Kier molecular flexibility index (Phi) is 2.96. The maximum Gasteiger partial charge on any atom is 0.248 e. The highest BCUT2D eigenvalue weighted by Gasteiger charge is 2.31. The second kappa shape index (κ2) is 2.53. The zero-order valence-corrected chi connectivity index (χ0v) is 9.01. The van der Waals surface area contributed by atoms with Gasteiger partial charge in [-0.1, -0.05) is 0 Å². The van der Waals surface area contributed by atoms with Gasteiger partial charge in [-0.3, -0.25) is 0 Å². The lowest BCUT2D eigenvalue weighted by atomic mass is 11.9. The SMILES string of the molecule is NS(=O)(=O)C(Br)(Br)Br. The third-order valence-corrected chi connectivity index (χ3v) is 5.03. The topological polar surface area (TPSA) is 60.2 Å². The molecule has 0 aromatic rings. The van der Waals surface area contributed by atoms with Crippen molar-refractivity contribution in [2.75, 3.05) is 0 Å². The zero-order chi connectivity index (χ0) is 7.00. The lowest BCUT2D eigenvalue weighted by molar-refractivity contribution is 0.600. The van der Waals surface area contributed by atoms with Gasteiger partial charge in [0.1, 0.15) is 0 Å². The Morgan fingerprint density at radius 1 is 1.25 bits per heavy atom. The van der Waals surface area contributed by atoms with E-state index >= 15 is 0 Å². The molecule has 7 heteroatoms. The van der Waals surface area contributed by atoms with Crippen molar-refractivity contribution in [3.8, 4) is 0 Å². The van der Waals surface area contributed by atoms with Gasteiger partial charge in [-0.15, -0.1) is 0 Å². The first-order valence-corrected chi connectivity index (χ1v) is 5.27. The fourth-order valence-corrected chi connectivity index (χ4v) is 0. The van der Waals surface area contributed by atoms with Crippen molar-refractivity contribution in [2.45, 2.75) is 1.47 Å². The number of hydrogen-bond acceptors (Lipinski definition) is 2. The molecule has 0 fully saturated rings.